The highest BCUT2D eigenvalue weighted by atomic mass is 32.1. The predicted octanol–water partition coefficient (Wildman–Crippen LogP) is 3.26. The van der Waals surface area contributed by atoms with Crippen molar-refractivity contribution in [3.8, 4) is 10.7 Å². The van der Waals surface area contributed by atoms with Gasteiger partial charge in [0, 0.05) is 17.3 Å². The van der Waals surface area contributed by atoms with Gasteiger partial charge >= 0.3 is 12.0 Å². The molecule has 3 aromatic rings. The number of esters is 1. The summed E-state index contributed by atoms with van der Waals surface area (Å²) in [5.74, 6) is -1.34. The molecule has 0 saturated carbocycles. The van der Waals surface area contributed by atoms with Gasteiger partial charge in [-0.3, -0.25) is 19.9 Å². The number of nitrogens with one attached hydrogen (secondary N) is 2. The van der Waals surface area contributed by atoms with E-state index in [0.717, 1.165) is 16.8 Å². The Bertz CT molecular complexity index is 1070. The van der Waals surface area contributed by atoms with Crippen LogP contribution in [0.5, 0.6) is 0 Å². The van der Waals surface area contributed by atoms with Crippen molar-refractivity contribution in [1.29, 1.82) is 0 Å². The molecule has 0 unspecified atom stereocenters. The molecule has 2 N–H and O–H groups in total. The van der Waals surface area contributed by atoms with Gasteiger partial charge in [-0.1, -0.05) is 12.1 Å². The molecule has 8 nitrogen and oxygen atoms in total. The van der Waals surface area contributed by atoms with Crippen LogP contribution in [0.25, 0.3) is 10.7 Å². The van der Waals surface area contributed by atoms with Crippen LogP contribution < -0.4 is 10.6 Å². The van der Waals surface area contributed by atoms with Crippen molar-refractivity contribution < 1.29 is 19.1 Å². The first-order chi connectivity index (χ1) is 14.4. The summed E-state index contributed by atoms with van der Waals surface area (Å²) >= 11 is 1.37. The third-order valence-corrected chi connectivity index (χ3v) is 5.06. The Labute approximate surface area is 177 Å². The molecule has 1 aromatic carbocycles. The SMILES string of the molecule is Cc1ccc(NC(=O)NC(=O)COC(=O)Cc2csc(-c3ccccn3)n2)cc1C. The van der Waals surface area contributed by atoms with E-state index in [4.69, 9.17) is 4.74 Å². The highest BCUT2D eigenvalue weighted by Crippen LogP contribution is 2.21. The van der Waals surface area contributed by atoms with Gasteiger partial charge in [0.25, 0.3) is 5.91 Å². The minimum atomic E-state index is -0.725. The highest BCUT2D eigenvalue weighted by Gasteiger charge is 2.14. The second-order valence-corrected chi connectivity index (χ2v) is 7.36. The number of carbonyl (C=O) groups excluding carboxylic acids is 3. The molecule has 154 valence electrons. The van der Waals surface area contributed by atoms with E-state index >= 15 is 0 Å². The molecular weight excluding hydrogens is 404 g/mol. The second kappa shape index (κ2) is 9.75. The van der Waals surface area contributed by atoms with Crippen LogP contribution in [0, 0.1) is 13.8 Å². The smallest absolute Gasteiger partial charge is 0.325 e. The van der Waals surface area contributed by atoms with Crippen molar-refractivity contribution in [1.82, 2.24) is 15.3 Å². The lowest BCUT2D eigenvalue weighted by atomic mass is 10.1. The standard InChI is InChI=1S/C21H20N4O4S/c1-13-6-7-15(9-14(13)2)24-21(28)25-18(26)11-29-19(27)10-16-12-30-20(23-16)17-5-3-4-8-22-17/h3-9,12H,10-11H2,1-2H3,(H2,24,25,26,28). The number of rotatable bonds is 6. The quantitative estimate of drug-likeness (QED) is 0.588. The van der Waals surface area contributed by atoms with Gasteiger partial charge in [-0.25, -0.2) is 9.78 Å². The lowest BCUT2D eigenvalue weighted by Gasteiger charge is -2.09. The summed E-state index contributed by atoms with van der Waals surface area (Å²) in [5, 5.41) is 7.11. The van der Waals surface area contributed by atoms with Crippen LogP contribution in [0.4, 0.5) is 10.5 Å². The van der Waals surface area contributed by atoms with E-state index in [0.29, 0.717) is 16.4 Å². The van der Waals surface area contributed by atoms with Crippen molar-refractivity contribution in [2.45, 2.75) is 20.3 Å². The summed E-state index contributed by atoms with van der Waals surface area (Å²) in [6, 6.07) is 10.2. The molecule has 30 heavy (non-hydrogen) atoms. The van der Waals surface area contributed by atoms with Crippen LogP contribution in [-0.2, 0) is 20.7 Å². The summed E-state index contributed by atoms with van der Waals surface area (Å²) in [4.78, 5) is 44.2. The summed E-state index contributed by atoms with van der Waals surface area (Å²) in [5.41, 5.74) is 3.92. The summed E-state index contributed by atoms with van der Waals surface area (Å²) < 4.78 is 4.93. The fraction of sp³-hybridized carbons (Fsp3) is 0.190. The maximum Gasteiger partial charge on any atom is 0.325 e. The van der Waals surface area contributed by atoms with Crippen molar-refractivity contribution in [2.75, 3.05) is 11.9 Å². The number of amides is 3. The number of benzene rings is 1. The molecule has 0 aliphatic carbocycles. The predicted molar refractivity (Wildman–Crippen MR) is 113 cm³/mol. The Balaban J connectivity index is 1.43. The van der Waals surface area contributed by atoms with Crippen LogP contribution >= 0.6 is 11.3 Å². The zero-order chi connectivity index (χ0) is 21.5. The number of imide groups is 1. The zero-order valence-electron chi connectivity index (χ0n) is 16.5. The number of thiazole rings is 1. The molecule has 0 spiro atoms. The van der Waals surface area contributed by atoms with Gasteiger partial charge in [-0.05, 0) is 49.2 Å². The van der Waals surface area contributed by atoms with E-state index in [-0.39, 0.29) is 6.42 Å². The highest BCUT2D eigenvalue weighted by molar-refractivity contribution is 7.13. The number of hydrogen-bond acceptors (Lipinski definition) is 7. The third kappa shape index (κ3) is 5.95. The molecule has 3 rings (SSSR count). The van der Waals surface area contributed by atoms with E-state index in [1.165, 1.54) is 11.3 Å². The number of anilines is 1. The average Bonchev–Trinajstić information content (AvgIpc) is 3.18. The summed E-state index contributed by atoms with van der Waals surface area (Å²) in [6.07, 6.45) is 1.59. The Morgan fingerprint density at radius 1 is 1.10 bits per heavy atom. The Morgan fingerprint density at radius 2 is 1.93 bits per heavy atom. The number of hydrogen-bond donors (Lipinski definition) is 2. The van der Waals surface area contributed by atoms with Gasteiger partial charge in [-0.2, -0.15) is 0 Å². The molecule has 0 fully saturated rings. The van der Waals surface area contributed by atoms with Gasteiger partial charge in [0.1, 0.15) is 5.01 Å². The molecule has 2 heterocycles. The van der Waals surface area contributed by atoms with Gasteiger partial charge < -0.3 is 10.1 Å². The van der Waals surface area contributed by atoms with Gasteiger partial charge in [0.2, 0.25) is 0 Å². The largest absolute Gasteiger partial charge is 0.455 e. The van der Waals surface area contributed by atoms with Crippen LogP contribution in [0.3, 0.4) is 0 Å². The first-order valence-corrected chi connectivity index (χ1v) is 9.98. The maximum absolute atomic E-state index is 12.0. The van der Waals surface area contributed by atoms with E-state index < -0.39 is 24.5 Å². The Kier molecular flexibility index (Phi) is 6.87. The van der Waals surface area contributed by atoms with Gasteiger partial charge in [0.05, 0.1) is 17.8 Å². The normalized spacial score (nSPS) is 10.3. The number of aryl methyl sites for hydroxylation is 2. The monoisotopic (exact) mass is 424 g/mol. The number of carbonyl (C=O) groups is 3. The van der Waals surface area contributed by atoms with Crippen molar-refractivity contribution in [2.24, 2.45) is 0 Å². The molecule has 0 atom stereocenters. The van der Waals surface area contributed by atoms with E-state index in [2.05, 4.69) is 20.6 Å². The van der Waals surface area contributed by atoms with Gasteiger partial charge in [0.15, 0.2) is 6.61 Å². The zero-order valence-corrected chi connectivity index (χ0v) is 17.3. The van der Waals surface area contributed by atoms with E-state index in [1.54, 1.807) is 23.7 Å². The van der Waals surface area contributed by atoms with E-state index in [1.807, 2.05) is 38.1 Å². The third-order valence-electron chi connectivity index (χ3n) is 4.14. The van der Waals surface area contributed by atoms with Gasteiger partial charge in [-0.15, -0.1) is 11.3 Å². The number of aromatic nitrogens is 2. The maximum atomic E-state index is 12.0. The molecule has 0 aliphatic heterocycles. The van der Waals surface area contributed by atoms with Crippen LogP contribution in [0.1, 0.15) is 16.8 Å². The van der Waals surface area contributed by atoms with E-state index in [9.17, 15) is 14.4 Å². The molecule has 0 aliphatic rings. The number of ether oxygens (including phenoxy) is 1. The molecular formula is C21H20N4O4S. The molecule has 0 radical (unpaired) electrons. The van der Waals surface area contributed by atoms with Crippen molar-refractivity contribution in [3.63, 3.8) is 0 Å². The molecule has 0 bridgehead atoms. The fourth-order valence-electron chi connectivity index (χ4n) is 2.48. The topological polar surface area (TPSA) is 110 Å². The lowest BCUT2D eigenvalue weighted by molar-refractivity contribution is -0.147. The number of urea groups is 1. The number of pyridine rings is 1. The number of nitrogens with zero attached hydrogens (tertiary/aromatic N) is 2. The van der Waals surface area contributed by atoms with Crippen molar-refractivity contribution >= 4 is 34.9 Å². The molecule has 0 saturated heterocycles. The van der Waals surface area contributed by atoms with Crippen molar-refractivity contribution in [3.05, 3.63) is 64.8 Å². The minimum absolute atomic E-state index is 0.0779. The summed E-state index contributed by atoms with van der Waals surface area (Å²) in [6.45, 7) is 3.32. The Morgan fingerprint density at radius 3 is 2.67 bits per heavy atom. The molecule has 3 amide bonds. The first kappa shape index (κ1) is 21.1. The van der Waals surface area contributed by atoms with Crippen LogP contribution in [-0.4, -0.2) is 34.5 Å². The second-order valence-electron chi connectivity index (χ2n) is 6.50. The summed E-state index contributed by atoms with van der Waals surface area (Å²) in [7, 11) is 0. The first-order valence-electron chi connectivity index (χ1n) is 9.10. The van der Waals surface area contributed by atoms with Crippen LogP contribution in [0.15, 0.2) is 48.0 Å². The minimum Gasteiger partial charge on any atom is -0.455 e. The average molecular weight is 424 g/mol. The molecule has 2 aromatic heterocycles. The Hall–Kier alpha value is -3.59. The lowest BCUT2D eigenvalue weighted by Crippen LogP contribution is -2.37. The van der Waals surface area contributed by atoms with Crippen LogP contribution in [0.2, 0.25) is 0 Å². The fourth-order valence-corrected chi connectivity index (χ4v) is 3.28. The molecule has 9 heteroatoms.